The molecule has 0 radical (unpaired) electrons. The van der Waals surface area contributed by atoms with Crippen LogP contribution in [-0.2, 0) is 23.9 Å². The Labute approximate surface area is 229 Å². The maximum atomic E-state index is 13.3. The number of esters is 1. The molecule has 0 aliphatic carbocycles. The molecule has 3 aliphatic heterocycles. The Morgan fingerprint density at radius 3 is 2.38 bits per heavy atom. The number of rotatable bonds is 6. The Morgan fingerprint density at radius 2 is 1.85 bits per heavy atom. The van der Waals surface area contributed by atoms with Crippen LogP contribution >= 0.6 is 11.8 Å². The third-order valence-corrected chi connectivity index (χ3v) is 9.02. The van der Waals surface area contributed by atoms with Gasteiger partial charge in [0.2, 0.25) is 11.8 Å². The number of piperidine rings is 1. The van der Waals surface area contributed by atoms with Crippen LogP contribution in [0.1, 0.15) is 51.1 Å². The Bertz CT molecular complexity index is 1130. The van der Waals surface area contributed by atoms with Crippen molar-refractivity contribution < 1.29 is 46.9 Å². The zero-order chi connectivity index (χ0) is 29.3. The molecule has 4 rings (SSSR count). The van der Waals surface area contributed by atoms with E-state index in [1.807, 2.05) is 18.2 Å². The minimum Gasteiger partial charge on any atom is -0.496 e. The number of ether oxygens (including phenoxy) is 2. The first-order valence-corrected chi connectivity index (χ1v) is 13.4. The number of halogens is 3. The van der Waals surface area contributed by atoms with Crippen molar-refractivity contribution >= 4 is 35.5 Å². The van der Waals surface area contributed by atoms with Crippen molar-refractivity contribution in [2.24, 2.45) is 11.8 Å². The molecule has 3 heterocycles. The zero-order valence-electron chi connectivity index (χ0n) is 22.4. The van der Waals surface area contributed by atoms with Crippen molar-refractivity contribution in [3.63, 3.8) is 0 Å². The summed E-state index contributed by atoms with van der Waals surface area (Å²) in [6.07, 6.45) is -1.80. The fourth-order valence-corrected chi connectivity index (χ4v) is 6.77. The van der Waals surface area contributed by atoms with Crippen molar-refractivity contribution in [3.05, 3.63) is 23.8 Å². The summed E-state index contributed by atoms with van der Waals surface area (Å²) in [5.41, 5.74) is -0.202. The maximum absolute atomic E-state index is 13.3. The molecule has 1 N–H and O–H groups in total. The fraction of sp³-hybridized carbons (Fsp3) is 0.615. The first-order valence-electron chi connectivity index (χ1n) is 12.6. The number of alkyl halides is 3. The standard InChI is InChI=1S/C24H32N2O5S.C2HF3O2/c1-6-14(2)32-17-10-9-15(13-16(17)30-4)20-18-19(22(28)25(3)21(18)27)24(23(29)31-5)11-7-8-12-26(20)24;3-2(4,5)1(6)7/h9-10,13-14,18-20H,6-8,11-12H2,1-5H3;(H,6,7)/t14?,18?,19?,20?,24-;/m0./s1. The molecule has 3 aliphatic rings. The van der Waals surface area contributed by atoms with Crippen LogP contribution in [0.25, 0.3) is 0 Å². The van der Waals surface area contributed by atoms with Gasteiger partial charge in [-0.15, -0.1) is 11.8 Å². The van der Waals surface area contributed by atoms with Gasteiger partial charge >= 0.3 is 18.1 Å². The highest BCUT2D eigenvalue weighted by Gasteiger charge is 2.72. The summed E-state index contributed by atoms with van der Waals surface area (Å²) in [6, 6.07) is 5.65. The first-order chi connectivity index (χ1) is 18.3. The number of methoxy groups -OCH3 is 2. The van der Waals surface area contributed by atoms with Crippen LogP contribution in [0.15, 0.2) is 23.1 Å². The summed E-state index contributed by atoms with van der Waals surface area (Å²) in [5.74, 6) is -4.26. The van der Waals surface area contributed by atoms with Gasteiger partial charge in [-0.25, -0.2) is 4.79 Å². The van der Waals surface area contributed by atoms with Gasteiger partial charge < -0.3 is 14.6 Å². The number of carbonyl (C=O) groups excluding carboxylic acids is 3. The molecule has 3 saturated heterocycles. The number of hydrogen-bond acceptors (Lipinski definition) is 8. The molecule has 0 bridgehead atoms. The van der Waals surface area contributed by atoms with E-state index < -0.39 is 35.5 Å². The van der Waals surface area contributed by atoms with Crippen molar-refractivity contribution in [2.45, 2.75) is 67.4 Å². The van der Waals surface area contributed by atoms with Gasteiger partial charge in [0.1, 0.15) is 11.3 Å². The van der Waals surface area contributed by atoms with E-state index in [0.29, 0.717) is 18.2 Å². The quantitative estimate of drug-likeness (QED) is 0.307. The number of carbonyl (C=O) groups is 4. The molecule has 1 aromatic rings. The number of imide groups is 1. The topological polar surface area (TPSA) is 113 Å². The minimum absolute atomic E-state index is 0.222. The van der Waals surface area contributed by atoms with Gasteiger partial charge in [-0.3, -0.25) is 24.2 Å². The average Bonchev–Trinajstić information content (AvgIpc) is 3.34. The Morgan fingerprint density at radius 1 is 1.21 bits per heavy atom. The summed E-state index contributed by atoms with van der Waals surface area (Å²) >= 11 is 1.76. The number of nitrogens with zero attached hydrogens (tertiary/aromatic N) is 2. The Kier molecular flexibility index (Phi) is 9.26. The van der Waals surface area contributed by atoms with Gasteiger partial charge in [0.15, 0.2) is 0 Å². The second-order valence-electron chi connectivity index (χ2n) is 9.80. The van der Waals surface area contributed by atoms with Crippen molar-refractivity contribution in [1.82, 2.24) is 9.80 Å². The van der Waals surface area contributed by atoms with Crippen LogP contribution in [0, 0.1) is 11.8 Å². The van der Waals surface area contributed by atoms with E-state index in [1.165, 1.54) is 19.1 Å². The lowest BCUT2D eigenvalue weighted by molar-refractivity contribution is -0.192. The highest BCUT2D eigenvalue weighted by atomic mass is 32.2. The largest absolute Gasteiger partial charge is 0.496 e. The van der Waals surface area contributed by atoms with Gasteiger partial charge in [0, 0.05) is 23.2 Å². The van der Waals surface area contributed by atoms with Crippen LogP contribution in [0.4, 0.5) is 13.2 Å². The van der Waals surface area contributed by atoms with E-state index in [2.05, 4.69) is 18.7 Å². The summed E-state index contributed by atoms with van der Waals surface area (Å²) in [5, 5.41) is 7.57. The predicted molar refractivity (Wildman–Crippen MR) is 135 cm³/mol. The molecule has 4 unspecified atom stereocenters. The predicted octanol–water partition coefficient (Wildman–Crippen LogP) is 3.90. The van der Waals surface area contributed by atoms with Crippen LogP contribution in [-0.4, -0.2) is 83.4 Å². The molecule has 5 atom stereocenters. The van der Waals surface area contributed by atoms with Crippen LogP contribution in [0.5, 0.6) is 5.75 Å². The highest BCUT2D eigenvalue weighted by molar-refractivity contribution is 8.00. The summed E-state index contributed by atoms with van der Waals surface area (Å²) in [7, 11) is 4.53. The first kappa shape index (κ1) is 30.7. The lowest BCUT2D eigenvalue weighted by atomic mass is 9.75. The van der Waals surface area contributed by atoms with E-state index >= 15 is 0 Å². The van der Waals surface area contributed by atoms with Gasteiger partial charge in [0.05, 0.1) is 26.1 Å². The van der Waals surface area contributed by atoms with E-state index in [4.69, 9.17) is 19.4 Å². The van der Waals surface area contributed by atoms with Gasteiger partial charge in [0.25, 0.3) is 0 Å². The third-order valence-electron chi connectivity index (χ3n) is 7.70. The monoisotopic (exact) mass is 574 g/mol. The minimum atomic E-state index is -5.08. The molecule has 2 amide bonds. The second kappa shape index (κ2) is 11.7. The van der Waals surface area contributed by atoms with E-state index in [-0.39, 0.29) is 17.9 Å². The van der Waals surface area contributed by atoms with E-state index in [9.17, 15) is 27.6 Å². The normalized spacial score (nSPS) is 27.3. The number of amides is 2. The number of aliphatic carboxylic acids is 1. The molecule has 216 valence electrons. The molecule has 0 spiro atoms. The summed E-state index contributed by atoms with van der Waals surface area (Å²) < 4.78 is 42.7. The third kappa shape index (κ3) is 5.47. The second-order valence-corrected chi connectivity index (χ2v) is 11.3. The molecule has 9 nitrogen and oxygen atoms in total. The fourth-order valence-electron chi connectivity index (χ4n) is 5.77. The van der Waals surface area contributed by atoms with Gasteiger partial charge in [-0.05, 0) is 49.9 Å². The van der Waals surface area contributed by atoms with Crippen LogP contribution in [0.3, 0.4) is 0 Å². The van der Waals surface area contributed by atoms with E-state index in [0.717, 1.165) is 35.5 Å². The van der Waals surface area contributed by atoms with Crippen molar-refractivity contribution in [2.75, 3.05) is 27.8 Å². The lowest BCUT2D eigenvalue weighted by Crippen LogP contribution is -2.59. The average molecular weight is 575 g/mol. The van der Waals surface area contributed by atoms with E-state index in [1.54, 1.807) is 18.9 Å². The Hall–Kier alpha value is -2.80. The maximum Gasteiger partial charge on any atom is 0.490 e. The molecule has 0 aromatic heterocycles. The zero-order valence-corrected chi connectivity index (χ0v) is 23.2. The molecule has 3 fully saturated rings. The van der Waals surface area contributed by atoms with Crippen LogP contribution in [0.2, 0.25) is 0 Å². The molecule has 1 aromatic carbocycles. The number of thioether (sulfide) groups is 1. The number of benzene rings is 1. The molecular formula is C26H33F3N2O7S. The number of likely N-dealkylation sites (tertiary alicyclic amines) is 1. The molecule has 13 heteroatoms. The number of hydrogen-bond donors (Lipinski definition) is 1. The summed E-state index contributed by atoms with van der Waals surface area (Å²) in [4.78, 5) is 52.9. The van der Waals surface area contributed by atoms with Crippen molar-refractivity contribution in [3.8, 4) is 5.75 Å². The smallest absolute Gasteiger partial charge is 0.490 e. The Balaban J connectivity index is 0.000000532. The van der Waals surface area contributed by atoms with Gasteiger partial charge in [-0.2, -0.15) is 13.2 Å². The molecule has 0 saturated carbocycles. The number of carboxylic acids is 1. The van der Waals surface area contributed by atoms with Crippen molar-refractivity contribution in [1.29, 1.82) is 0 Å². The lowest BCUT2D eigenvalue weighted by Gasteiger charge is -2.44. The number of fused-ring (bicyclic) bond motifs is 3. The number of carboxylic acid groups (broad SMARTS) is 1. The van der Waals surface area contributed by atoms with Gasteiger partial charge in [-0.1, -0.05) is 19.9 Å². The molecular weight excluding hydrogens is 541 g/mol. The molecule has 39 heavy (non-hydrogen) atoms. The van der Waals surface area contributed by atoms with Crippen LogP contribution < -0.4 is 4.74 Å². The highest BCUT2D eigenvalue weighted by Crippen LogP contribution is 2.58. The summed E-state index contributed by atoms with van der Waals surface area (Å²) in [6.45, 7) is 4.97. The SMILES string of the molecule is CCC(C)Sc1ccc(C2C3C(=O)N(C)C(=O)C3[C@]3(C(=O)OC)CCCCN23)cc1OC.O=C(O)C(F)(F)F.